The lowest BCUT2D eigenvalue weighted by Crippen LogP contribution is -2.29. The normalized spacial score (nSPS) is 18.6. The van der Waals surface area contributed by atoms with Crippen molar-refractivity contribution in [3.8, 4) is 11.1 Å². The van der Waals surface area contributed by atoms with Gasteiger partial charge in [-0.3, -0.25) is 0 Å². The third kappa shape index (κ3) is 2.47. The molecule has 0 radical (unpaired) electrons. The molecule has 4 heterocycles. The summed E-state index contributed by atoms with van der Waals surface area (Å²) < 4.78 is 2.60. The molecule has 1 saturated heterocycles. The summed E-state index contributed by atoms with van der Waals surface area (Å²) in [6, 6.07) is 2.12. The van der Waals surface area contributed by atoms with Gasteiger partial charge in [-0.15, -0.1) is 11.3 Å². The van der Waals surface area contributed by atoms with Crippen molar-refractivity contribution in [2.24, 2.45) is 0 Å². The van der Waals surface area contributed by atoms with Gasteiger partial charge in [0.25, 0.3) is 0 Å². The van der Waals surface area contributed by atoms with Crippen LogP contribution in [0.4, 0.5) is 5.82 Å². The van der Waals surface area contributed by atoms with Gasteiger partial charge < -0.3 is 11.1 Å². The largest absolute Gasteiger partial charge is 0.383 e. The molecule has 0 saturated carbocycles. The molecule has 4 rings (SSSR count). The van der Waals surface area contributed by atoms with Crippen molar-refractivity contribution in [1.82, 2.24) is 19.9 Å². The minimum Gasteiger partial charge on any atom is -0.383 e. The standard InChI is InChI=1S/C16H18BrN5S/c1-9-11(4-6-23-9)12-8-20-22-15(18)13(17)14(21-16(12)22)10-3-2-5-19-7-10/h4,6,8,10,19H,2-3,5,7,18H2,1H3. The van der Waals surface area contributed by atoms with E-state index in [9.17, 15) is 0 Å². The Morgan fingerprint density at radius 2 is 2.30 bits per heavy atom. The van der Waals surface area contributed by atoms with Crippen LogP contribution in [-0.4, -0.2) is 27.7 Å². The van der Waals surface area contributed by atoms with Crippen LogP contribution in [0.2, 0.25) is 0 Å². The Labute approximate surface area is 147 Å². The monoisotopic (exact) mass is 391 g/mol. The molecule has 3 aromatic rings. The van der Waals surface area contributed by atoms with Crippen LogP contribution < -0.4 is 11.1 Å². The molecule has 5 nitrogen and oxygen atoms in total. The molecule has 0 aliphatic carbocycles. The van der Waals surface area contributed by atoms with Gasteiger partial charge in [0.15, 0.2) is 5.65 Å². The lowest BCUT2D eigenvalue weighted by molar-refractivity contribution is 0.453. The number of nitrogens with two attached hydrogens (primary N) is 1. The first-order valence-electron chi connectivity index (χ1n) is 7.74. The highest BCUT2D eigenvalue weighted by molar-refractivity contribution is 9.10. The van der Waals surface area contributed by atoms with Gasteiger partial charge in [-0.2, -0.15) is 9.61 Å². The number of nitrogens with zero attached hydrogens (tertiary/aromatic N) is 3. The van der Waals surface area contributed by atoms with E-state index in [-0.39, 0.29) is 0 Å². The zero-order valence-corrected chi connectivity index (χ0v) is 15.2. The molecular weight excluding hydrogens is 374 g/mol. The summed E-state index contributed by atoms with van der Waals surface area (Å²) in [5.74, 6) is 1.01. The summed E-state index contributed by atoms with van der Waals surface area (Å²) in [6.07, 6.45) is 4.16. The van der Waals surface area contributed by atoms with Gasteiger partial charge in [0, 0.05) is 28.5 Å². The number of thiophene rings is 1. The van der Waals surface area contributed by atoms with Crippen LogP contribution in [0.25, 0.3) is 16.8 Å². The molecule has 120 valence electrons. The zero-order valence-electron chi connectivity index (χ0n) is 12.8. The van der Waals surface area contributed by atoms with Crippen molar-refractivity contribution in [3.05, 3.63) is 32.7 Å². The Morgan fingerprint density at radius 3 is 3.00 bits per heavy atom. The molecule has 0 aromatic carbocycles. The van der Waals surface area contributed by atoms with Crippen LogP contribution >= 0.6 is 27.3 Å². The van der Waals surface area contributed by atoms with E-state index in [4.69, 9.17) is 10.7 Å². The fourth-order valence-corrected chi connectivity index (χ4v) is 4.52. The van der Waals surface area contributed by atoms with Gasteiger partial charge >= 0.3 is 0 Å². The number of rotatable bonds is 2. The van der Waals surface area contributed by atoms with Crippen molar-refractivity contribution in [1.29, 1.82) is 0 Å². The van der Waals surface area contributed by atoms with Crippen LogP contribution in [-0.2, 0) is 0 Å². The van der Waals surface area contributed by atoms with Crippen LogP contribution in [0, 0.1) is 6.92 Å². The highest BCUT2D eigenvalue weighted by Gasteiger charge is 2.24. The molecule has 1 aliphatic heterocycles. The van der Waals surface area contributed by atoms with Gasteiger partial charge in [-0.05, 0) is 53.7 Å². The predicted octanol–water partition coefficient (Wildman–Crippen LogP) is 3.58. The fraction of sp³-hybridized carbons (Fsp3) is 0.375. The Kier molecular flexibility index (Phi) is 3.87. The summed E-state index contributed by atoms with van der Waals surface area (Å²) >= 11 is 5.37. The molecule has 3 N–H and O–H groups in total. The molecule has 1 atom stereocenters. The molecule has 1 unspecified atom stereocenters. The summed E-state index contributed by atoms with van der Waals surface area (Å²) in [4.78, 5) is 6.22. The SMILES string of the molecule is Cc1sccc1-c1cnn2c(N)c(Br)c(C3CCCNC3)nc12. The number of piperidine rings is 1. The van der Waals surface area contributed by atoms with E-state index in [2.05, 4.69) is 44.7 Å². The maximum atomic E-state index is 6.33. The zero-order chi connectivity index (χ0) is 16.0. The van der Waals surface area contributed by atoms with Gasteiger partial charge in [0.2, 0.25) is 0 Å². The third-order valence-electron chi connectivity index (χ3n) is 4.48. The number of hydrogen-bond acceptors (Lipinski definition) is 5. The maximum Gasteiger partial charge on any atom is 0.165 e. The molecule has 0 bridgehead atoms. The Morgan fingerprint density at radius 1 is 1.43 bits per heavy atom. The average Bonchev–Trinajstić information content (AvgIpc) is 3.17. The highest BCUT2D eigenvalue weighted by atomic mass is 79.9. The maximum absolute atomic E-state index is 6.33. The van der Waals surface area contributed by atoms with Gasteiger partial charge in [-0.1, -0.05) is 0 Å². The summed E-state index contributed by atoms with van der Waals surface area (Å²) in [7, 11) is 0. The number of aryl methyl sites for hydroxylation is 1. The van der Waals surface area contributed by atoms with E-state index in [1.165, 1.54) is 16.9 Å². The Bertz CT molecular complexity index is 863. The predicted molar refractivity (Wildman–Crippen MR) is 98.0 cm³/mol. The third-order valence-corrected chi connectivity index (χ3v) is 6.14. The second kappa shape index (κ2) is 5.89. The first kappa shape index (κ1) is 15.1. The highest BCUT2D eigenvalue weighted by Crippen LogP contribution is 2.36. The number of fused-ring (bicyclic) bond motifs is 1. The number of anilines is 1. The second-order valence-electron chi connectivity index (χ2n) is 5.92. The fourth-order valence-electron chi connectivity index (χ4n) is 3.22. The van der Waals surface area contributed by atoms with Crippen LogP contribution in [0.3, 0.4) is 0 Å². The summed E-state index contributed by atoms with van der Waals surface area (Å²) in [6.45, 7) is 4.15. The van der Waals surface area contributed by atoms with Crippen molar-refractivity contribution >= 4 is 38.7 Å². The smallest absolute Gasteiger partial charge is 0.165 e. The van der Waals surface area contributed by atoms with Gasteiger partial charge in [-0.25, -0.2) is 4.98 Å². The molecule has 1 aliphatic rings. The average molecular weight is 392 g/mol. The van der Waals surface area contributed by atoms with Crippen LogP contribution in [0.5, 0.6) is 0 Å². The minimum atomic E-state index is 0.386. The van der Waals surface area contributed by atoms with E-state index < -0.39 is 0 Å². The minimum absolute atomic E-state index is 0.386. The quantitative estimate of drug-likeness (QED) is 0.700. The second-order valence-corrected chi connectivity index (χ2v) is 7.84. The van der Waals surface area contributed by atoms with E-state index in [1.54, 1.807) is 15.9 Å². The molecule has 3 aromatic heterocycles. The van der Waals surface area contributed by atoms with E-state index in [0.29, 0.717) is 11.7 Å². The molecular formula is C16H18BrN5S. The van der Waals surface area contributed by atoms with Gasteiger partial charge in [0.05, 0.1) is 16.4 Å². The van der Waals surface area contributed by atoms with Crippen LogP contribution in [0.1, 0.15) is 29.3 Å². The van der Waals surface area contributed by atoms with E-state index in [0.717, 1.165) is 40.9 Å². The van der Waals surface area contributed by atoms with E-state index in [1.807, 2.05) is 6.20 Å². The van der Waals surface area contributed by atoms with Crippen molar-refractivity contribution < 1.29 is 0 Å². The van der Waals surface area contributed by atoms with Crippen molar-refractivity contribution in [3.63, 3.8) is 0 Å². The molecule has 0 spiro atoms. The molecule has 0 amide bonds. The molecule has 7 heteroatoms. The number of hydrogen-bond donors (Lipinski definition) is 2. The van der Waals surface area contributed by atoms with Gasteiger partial charge in [0.1, 0.15) is 5.82 Å². The number of nitrogens with one attached hydrogen (secondary N) is 1. The topological polar surface area (TPSA) is 68.2 Å². The Balaban J connectivity index is 1.91. The number of halogens is 1. The van der Waals surface area contributed by atoms with Crippen molar-refractivity contribution in [2.45, 2.75) is 25.7 Å². The number of aromatic nitrogens is 3. The first-order valence-corrected chi connectivity index (χ1v) is 9.42. The Hall–Kier alpha value is -1.44. The van der Waals surface area contributed by atoms with Crippen LogP contribution in [0.15, 0.2) is 22.1 Å². The first-order chi connectivity index (χ1) is 11.2. The lowest BCUT2D eigenvalue weighted by Gasteiger charge is -2.23. The lowest BCUT2D eigenvalue weighted by atomic mass is 9.96. The number of nitrogen functional groups attached to an aromatic ring is 1. The summed E-state index contributed by atoms with van der Waals surface area (Å²) in [5, 5.41) is 10.0. The van der Waals surface area contributed by atoms with E-state index >= 15 is 0 Å². The van der Waals surface area contributed by atoms with Crippen molar-refractivity contribution in [2.75, 3.05) is 18.8 Å². The molecule has 1 fully saturated rings. The summed E-state index contributed by atoms with van der Waals surface area (Å²) in [5.41, 5.74) is 10.4. The molecule has 23 heavy (non-hydrogen) atoms.